The summed E-state index contributed by atoms with van der Waals surface area (Å²) in [6.07, 6.45) is -0.141. The van der Waals surface area contributed by atoms with E-state index in [1.54, 1.807) is 60.7 Å². The molecule has 0 bridgehead atoms. The van der Waals surface area contributed by atoms with E-state index in [4.69, 9.17) is 38.6 Å². The molecule has 2 fully saturated rings. The van der Waals surface area contributed by atoms with Gasteiger partial charge >= 0.3 is 0 Å². The molecule has 8 atom stereocenters. The third-order valence-corrected chi connectivity index (χ3v) is 14.0. The van der Waals surface area contributed by atoms with Gasteiger partial charge in [0.2, 0.25) is 65.0 Å². The summed E-state index contributed by atoms with van der Waals surface area (Å²) in [7, 11) is 2.07. The van der Waals surface area contributed by atoms with Gasteiger partial charge in [-0.05, 0) is 56.2 Å². The molecule has 4 rings (SSSR count). The van der Waals surface area contributed by atoms with Crippen molar-refractivity contribution in [1.29, 1.82) is 0 Å². The molecule has 2 aromatic carbocycles. The molecule has 0 spiro atoms. The molecule has 26 nitrogen and oxygen atoms in total. The van der Waals surface area contributed by atoms with Crippen LogP contribution in [0.4, 0.5) is 0 Å². The van der Waals surface area contributed by atoms with Crippen LogP contribution >= 0.6 is 21.6 Å². The number of hydrogen-bond acceptors (Lipinski definition) is 16. The Morgan fingerprint density at radius 1 is 0.697 bits per heavy atom. The van der Waals surface area contributed by atoms with Crippen molar-refractivity contribution >= 4 is 92.5 Å². The van der Waals surface area contributed by atoms with Crippen molar-refractivity contribution in [3.8, 4) is 0 Å². The fraction of sp³-hybridized carbons (Fsp3) is 0.500. The van der Waals surface area contributed by atoms with Crippen LogP contribution in [0, 0.1) is 0 Å². The Morgan fingerprint density at radius 3 is 1.75 bits per heavy atom. The van der Waals surface area contributed by atoms with Gasteiger partial charge in [0.15, 0.2) is 0 Å². The minimum atomic E-state index is -1.76. The highest BCUT2D eigenvalue weighted by Crippen LogP contribution is 2.26. The number of amides is 11. The van der Waals surface area contributed by atoms with E-state index in [-0.39, 0.29) is 43.7 Å². The third-order valence-electron chi connectivity index (χ3n) is 11.6. The first kappa shape index (κ1) is 63.0. The summed E-state index contributed by atoms with van der Waals surface area (Å²) in [6.45, 7) is 0.963. The van der Waals surface area contributed by atoms with Gasteiger partial charge in [0.1, 0.15) is 42.3 Å². The molecule has 28 heteroatoms. The topological polar surface area (TPSA) is 443 Å². The Bertz CT molecular complexity index is 2350. The smallest absolute Gasteiger partial charge is 0.300 e. The number of likely N-dealkylation sites (tertiary alicyclic amines) is 1. The highest BCUT2D eigenvalue weighted by molar-refractivity contribution is 8.76. The number of nitrogens with two attached hydrogens (primary N) is 5. The first-order valence-corrected chi connectivity index (χ1v) is 26.8. The van der Waals surface area contributed by atoms with Gasteiger partial charge < -0.3 is 75.9 Å². The number of carboxylic acid groups (broad SMARTS) is 1. The van der Waals surface area contributed by atoms with Crippen LogP contribution in [0.2, 0.25) is 0 Å². The number of rotatable bonds is 19. The number of hydrogen-bond donors (Lipinski definition) is 13. The molecule has 0 saturated carbocycles. The van der Waals surface area contributed by atoms with Crippen molar-refractivity contribution in [2.45, 2.75) is 119 Å². The van der Waals surface area contributed by atoms with E-state index in [0.717, 1.165) is 28.5 Å². The molecular formula is C48H69N13O13S2. The number of carbonyl (C=O) groups excluding carboxylic acids is 11. The largest absolute Gasteiger partial charge is 0.481 e. The Hall–Kier alpha value is -7.30. The average molecular weight is 1100 g/mol. The highest BCUT2D eigenvalue weighted by Gasteiger charge is 2.40. The maximum absolute atomic E-state index is 14.6. The van der Waals surface area contributed by atoms with Crippen LogP contribution in [-0.2, 0) is 70.4 Å². The lowest BCUT2D eigenvalue weighted by Gasteiger charge is -2.31. The van der Waals surface area contributed by atoms with Gasteiger partial charge in [0.05, 0.1) is 19.0 Å². The minimum Gasteiger partial charge on any atom is -0.481 e. The second-order valence-corrected chi connectivity index (χ2v) is 20.3. The van der Waals surface area contributed by atoms with Crippen molar-refractivity contribution in [2.24, 2.45) is 28.7 Å². The summed E-state index contributed by atoms with van der Waals surface area (Å²) in [5.41, 5.74) is 29.4. The van der Waals surface area contributed by atoms with E-state index in [2.05, 4.69) is 37.2 Å². The second-order valence-electron chi connectivity index (χ2n) is 17.8. The molecule has 0 radical (unpaired) electrons. The van der Waals surface area contributed by atoms with Crippen LogP contribution < -0.4 is 65.9 Å². The summed E-state index contributed by atoms with van der Waals surface area (Å²) in [5, 5.41) is 25.4. The lowest BCUT2D eigenvalue weighted by Crippen LogP contribution is -2.61. The van der Waals surface area contributed by atoms with Crippen LogP contribution in [0.3, 0.4) is 0 Å². The van der Waals surface area contributed by atoms with Crippen molar-refractivity contribution in [2.75, 3.05) is 31.1 Å². The lowest BCUT2D eigenvalue weighted by molar-refractivity contribution is -0.142. The second kappa shape index (κ2) is 32.9. The summed E-state index contributed by atoms with van der Waals surface area (Å²) >= 11 is 0. The zero-order valence-corrected chi connectivity index (χ0v) is 43.6. The van der Waals surface area contributed by atoms with Gasteiger partial charge in [-0.15, -0.1) is 0 Å². The van der Waals surface area contributed by atoms with Crippen molar-refractivity contribution in [3.05, 3.63) is 71.8 Å². The molecule has 0 aromatic heterocycles. The van der Waals surface area contributed by atoms with E-state index in [9.17, 15) is 52.7 Å². The van der Waals surface area contributed by atoms with E-state index in [1.165, 1.54) is 4.90 Å². The molecule has 2 aromatic rings. The fourth-order valence-corrected chi connectivity index (χ4v) is 10.0. The summed E-state index contributed by atoms with van der Waals surface area (Å²) in [4.78, 5) is 158. The van der Waals surface area contributed by atoms with Crippen molar-refractivity contribution < 1.29 is 62.6 Å². The Morgan fingerprint density at radius 2 is 1.21 bits per heavy atom. The maximum Gasteiger partial charge on any atom is 0.300 e. The molecule has 0 aliphatic carbocycles. The van der Waals surface area contributed by atoms with Crippen LogP contribution in [0.1, 0.15) is 69.4 Å². The fourth-order valence-electron chi connectivity index (χ4n) is 7.77. The normalized spacial score (nSPS) is 22.3. The number of nitrogens with one attached hydrogen (secondary N) is 7. The Kier molecular flexibility index (Phi) is 27.3. The van der Waals surface area contributed by atoms with Crippen LogP contribution in [0.25, 0.3) is 0 Å². The number of carboxylic acids is 1. The number of primary amides is 3. The molecule has 2 aliphatic rings. The molecule has 18 N–H and O–H groups in total. The molecule has 416 valence electrons. The van der Waals surface area contributed by atoms with Gasteiger partial charge in [-0.1, -0.05) is 82.3 Å². The van der Waals surface area contributed by atoms with Crippen molar-refractivity contribution in [1.82, 2.24) is 42.1 Å². The standard InChI is InChI=1S/C46H65N13O11S2.C2H4O2/c47-18-8-7-14-29(40(64)52-23-38(51)62)54-45(69)35-15-9-19-59(35)46(70)34-25-72-71-24-28(48)39(63)55-31(20-26-10-3-1-4-11-26)43(67)56-32(21-27-12-5-2-6-13-27)42(66)53-30(16-17-36(49)60)41(65)57-33(22-37(50)61)44(68)58-34;1-2(3)4/h1-6,10-13,28-35H,7-9,14-25,47-48H2,(H2,49,60)(H2,50,61)(H2,51,62)(H,52,64)(H,53,66)(H,54,69)(H,55,63)(H,56,67)(H,57,65)(H,58,68);1H3,(H,3,4)/t28-,29-,30-,31-,32-,33-,34-,35-;/m0./s1. The summed E-state index contributed by atoms with van der Waals surface area (Å²) in [5.74, 6) is -10.5. The Balaban J connectivity index is 0.00000366. The number of unbranched alkanes of at least 4 members (excludes halogenated alkanes) is 1. The number of nitrogens with zero attached hydrogens (tertiary/aromatic N) is 1. The monoisotopic (exact) mass is 1100 g/mol. The summed E-state index contributed by atoms with van der Waals surface area (Å²) in [6, 6.07) is 6.36. The molecule has 11 amide bonds. The molecule has 2 heterocycles. The minimum absolute atomic E-state index is 0.0198. The molecular weight excluding hydrogens is 1030 g/mol. The SMILES string of the molecule is CC(=O)O.NCCCC[C@H](NC(=O)[C@@H]1CCCN1C(=O)[C@@H]1CSSC[C@H](N)C(=O)N[C@@H](Cc2ccccc2)C(=O)N[C@@H](Cc2ccccc2)C(=O)N[C@@H](CCC(N)=O)C(=O)N[C@@H](CC(N)=O)C(=O)N1)C(=O)NCC(N)=O. The number of aliphatic carboxylic acids is 1. The quantitative estimate of drug-likeness (QED) is 0.0472. The average Bonchev–Trinajstić information content (AvgIpc) is 3.87. The zero-order chi connectivity index (χ0) is 56.3. The van der Waals surface area contributed by atoms with E-state index >= 15 is 0 Å². The van der Waals surface area contributed by atoms with Crippen LogP contribution in [0.5, 0.6) is 0 Å². The molecule has 76 heavy (non-hydrogen) atoms. The first-order chi connectivity index (χ1) is 36.1. The third kappa shape index (κ3) is 22.7. The van der Waals surface area contributed by atoms with Crippen LogP contribution in [0.15, 0.2) is 60.7 Å². The maximum atomic E-state index is 14.6. The summed E-state index contributed by atoms with van der Waals surface area (Å²) < 4.78 is 0. The highest BCUT2D eigenvalue weighted by atomic mass is 33.1. The molecule has 2 saturated heterocycles. The predicted molar refractivity (Wildman–Crippen MR) is 280 cm³/mol. The number of carbonyl (C=O) groups is 12. The van der Waals surface area contributed by atoms with E-state index < -0.39 is 145 Å². The number of benzene rings is 2. The van der Waals surface area contributed by atoms with E-state index in [1.807, 2.05) is 0 Å². The molecule has 2 aliphatic heterocycles. The zero-order valence-electron chi connectivity index (χ0n) is 42.0. The van der Waals surface area contributed by atoms with Gasteiger partial charge in [-0.25, -0.2) is 0 Å². The van der Waals surface area contributed by atoms with Crippen LogP contribution in [-0.4, -0.2) is 160 Å². The first-order valence-electron chi connectivity index (χ1n) is 24.3. The van der Waals surface area contributed by atoms with Crippen molar-refractivity contribution in [3.63, 3.8) is 0 Å². The van der Waals surface area contributed by atoms with Gasteiger partial charge in [0, 0.05) is 44.2 Å². The Labute approximate surface area is 446 Å². The van der Waals surface area contributed by atoms with Gasteiger partial charge in [-0.2, -0.15) is 0 Å². The lowest BCUT2D eigenvalue weighted by atomic mass is 10.0. The van der Waals surface area contributed by atoms with Gasteiger partial charge in [-0.3, -0.25) is 57.5 Å². The predicted octanol–water partition coefficient (Wildman–Crippen LogP) is -3.94. The van der Waals surface area contributed by atoms with E-state index in [0.29, 0.717) is 36.9 Å². The molecule has 0 unspecified atom stereocenters. The van der Waals surface area contributed by atoms with Gasteiger partial charge in [0.25, 0.3) is 5.97 Å².